The highest BCUT2D eigenvalue weighted by Gasteiger charge is 2.20. The normalized spacial score (nSPS) is 12.5. The van der Waals surface area contributed by atoms with Gasteiger partial charge in [-0.3, -0.25) is 4.90 Å². The Hall–Kier alpha value is -2.60. The Bertz CT molecular complexity index is 735. The Morgan fingerprint density at radius 2 is 1.96 bits per heavy atom. The molecule has 0 amide bonds. The summed E-state index contributed by atoms with van der Waals surface area (Å²) < 4.78 is 16.3. The zero-order chi connectivity index (χ0) is 16.2. The monoisotopic (exact) mass is 313 g/mol. The highest BCUT2D eigenvalue weighted by atomic mass is 16.5. The number of nitrogens with zero attached hydrogens (tertiary/aromatic N) is 3. The van der Waals surface area contributed by atoms with E-state index in [0.29, 0.717) is 18.3 Å². The van der Waals surface area contributed by atoms with Crippen LogP contribution in [0.5, 0.6) is 5.75 Å². The Kier molecular flexibility index (Phi) is 4.43. The molecule has 0 aliphatic heterocycles. The van der Waals surface area contributed by atoms with E-state index in [0.717, 1.165) is 17.1 Å². The second kappa shape index (κ2) is 6.66. The van der Waals surface area contributed by atoms with Crippen LogP contribution in [0, 0.1) is 0 Å². The van der Waals surface area contributed by atoms with Crippen LogP contribution in [-0.2, 0) is 6.54 Å². The Labute approximate surface area is 134 Å². The van der Waals surface area contributed by atoms with Crippen molar-refractivity contribution < 1.29 is 13.6 Å². The van der Waals surface area contributed by atoms with Crippen molar-refractivity contribution in [2.24, 2.45) is 0 Å². The second-order valence-electron chi connectivity index (χ2n) is 5.34. The van der Waals surface area contributed by atoms with Gasteiger partial charge in [-0.15, -0.1) is 10.2 Å². The van der Waals surface area contributed by atoms with E-state index in [1.165, 1.54) is 0 Å². The summed E-state index contributed by atoms with van der Waals surface area (Å²) in [5.74, 6) is 2.76. The molecule has 2 aromatic heterocycles. The van der Waals surface area contributed by atoms with Gasteiger partial charge in [0.15, 0.2) is 0 Å². The van der Waals surface area contributed by atoms with Crippen LogP contribution in [0.25, 0.3) is 11.5 Å². The van der Waals surface area contributed by atoms with E-state index in [4.69, 9.17) is 13.6 Å². The first-order valence-electron chi connectivity index (χ1n) is 7.38. The first-order valence-corrected chi connectivity index (χ1v) is 7.38. The summed E-state index contributed by atoms with van der Waals surface area (Å²) in [6.07, 6.45) is 1.67. The van der Waals surface area contributed by atoms with Crippen molar-refractivity contribution in [1.82, 2.24) is 15.1 Å². The molecule has 23 heavy (non-hydrogen) atoms. The summed E-state index contributed by atoms with van der Waals surface area (Å²) in [5.41, 5.74) is 0.866. The lowest BCUT2D eigenvalue weighted by Crippen LogP contribution is -2.21. The molecule has 0 unspecified atom stereocenters. The fraction of sp³-hybridized carbons (Fsp3) is 0.294. The molecule has 0 aliphatic rings. The molecule has 3 aromatic rings. The third-order valence-electron chi connectivity index (χ3n) is 3.78. The molecule has 0 fully saturated rings. The summed E-state index contributed by atoms with van der Waals surface area (Å²) >= 11 is 0. The lowest BCUT2D eigenvalue weighted by molar-refractivity contribution is 0.203. The van der Waals surface area contributed by atoms with Gasteiger partial charge in [-0.1, -0.05) is 0 Å². The van der Waals surface area contributed by atoms with Crippen LogP contribution < -0.4 is 4.74 Å². The van der Waals surface area contributed by atoms with Crippen molar-refractivity contribution in [3.05, 3.63) is 54.3 Å². The quantitative estimate of drug-likeness (QED) is 0.693. The Balaban J connectivity index is 1.72. The maximum absolute atomic E-state index is 5.81. The number of ether oxygens (including phenoxy) is 1. The smallest absolute Gasteiger partial charge is 0.247 e. The number of hydrogen-bond acceptors (Lipinski definition) is 6. The van der Waals surface area contributed by atoms with E-state index in [2.05, 4.69) is 15.1 Å². The average Bonchev–Trinajstić information content (AvgIpc) is 3.26. The van der Waals surface area contributed by atoms with Gasteiger partial charge in [-0.25, -0.2) is 0 Å². The molecule has 0 radical (unpaired) electrons. The molecule has 0 aliphatic carbocycles. The summed E-state index contributed by atoms with van der Waals surface area (Å²) in [4.78, 5) is 2.09. The lowest BCUT2D eigenvalue weighted by Gasteiger charge is -2.20. The molecule has 0 spiro atoms. The molecule has 0 bridgehead atoms. The first kappa shape index (κ1) is 15.3. The highest BCUT2D eigenvalue weighted by molar-refractivity contribution is 5.53. The topological polar surface area (TPSA) is 64.5 Å². The van der Waals surface area contributed by atoms with Crippen LogP contribution in [0.2, 0.25) is 0 Å². The molecule has 1 aromatic carbocycles. The summed E-state index contributed by atoms with van der Waals surface area (Å²) in [7, 11) is 3.63. The molecule has 0 saturated carbocycles. The van der Waals surface area contributed by atoms with Gasteiger partial charge < -0.3 is 13.6 Å². The fourth-order valence-electron chi connectivity index (χ4n) is 2.23. The molecule has 0 saturated heterocycles. The number of rotatable bonds is 6. The van der Waals surface area contributed by atoms with Gasteiger partial charge in [0.25, 0.3) is 0 Å². The number of aromatic nitrogens is 2. The fourth-order valence-corrected chi connectivity index (χ4v) is 2.23. The van der Waals surface area contributed by atoms with E-state index in [9.17, 15) is 0 Å². The van der Waals surface area contributed by atoms with E-state index in [1.807, 2.05) is 50.4 Å². The summed E-state index contributed by atoms with van der Waals surface area (Å²) in [6.45, 7) is 2.70. The van der Waals surface area contributed by atoms with Gasteiger partial charge in [0.05, 0.1) is 26.0 Å². The summed E-state index contributed by atoms with van der Waals surface area (Å²) in [5, 5.41) is 8.30. The maximum atomic E-state index is 5.81. The lowest BCUT2D eigenvalue weighted by atomic mass is 10.2. The van der Waals surface area contributed by atoms with Crippen LogP contribution in [0.15, 0.2) is 51.5 Å². The van der Waals surface area contributed by atoms with Gasteiger partial charge in [-0.05, 0) is 50.4 Å². The minimum absolute atomic E-state index is 0.0143. The molecule has 6 nitrogen and oxygen atoms in total. The average molecular weight is 313 g/mol. The number of hydrogen-bond donors (Lipinski definition) is 0. The van der Waals surface area contributed by atoms with Gasteiger partial charge in [-0.2, -0.15) is 0 Å². The number of furan rings is 1. The van der Waals surface area contributed by atoms with Crippen LogP contribution in [0.4, 0.5) is 0 Å². The molecule has 6 heteroatoms. The van der Waals surface area contributed by atoms with E-state index in [1.54, 1.807) is 13.4 Å². The van der Waals surface area contributed by atoms with Crippen LogP contribution in [-0.4, -0.2) is 29.3 Å². The third-order valence-corrected chi connectivity index (χ3v) is 3.78. The predicted octanol–water partition coefficient (Wildman–Crippen LogP) is 3.53. The predicted molar refractivity (Wildman–Crippen MR) is 84.9 cm³/mol. The molecule has 3 rings (SSSR count). The third kappa shape index (κ3) is 3.43. The van der Waals surface area contributed by atoms with Crippen LogP contribution in [0.3, 0.4) is 0 Å². The minimum Gasteiger partial charge on any atom is -0.497 e. The van der Waals surface area contributed by atoms with Crippen molar-refractivity contribution in [2.45, 2.75) is 19.5 Å². The van der Waals surface area contributed by atoms with Gasteiger partial charge in [0.2, 0.25) is 11.8 Å². The number of benzene rings is 1. The standard InChI is InChI=1S/C17H19N3O3/c1-12(20(2)11-15-5-4-10-22-15)16-18-19-17(23-16)13-6-8-14(21-3)9-7-13/h4-10,12H,11H2,1-3H3/t12-/m0/s1. The maximum Gasteiger partial charge on any atom is 0.247 e. The second-order valence-corrected chi connectivity index (χ2v) is 5.34. The van der Waals surface area contributed by atoms with Gasteiger partial charge >= 0.3 is 0 Å². The first-order chi connectivity index (χ1) is 11.2. The molecular formula is C17H19N3O3. The Morgan fingerprint density at radius 1 is 1.17 bits per heavy atom. The van der Waals surface area contributed by atoms with Crippen molar-refractivity contribution >= 4 is 0 Å². The zero-order valence-electron chi connectivity index (χ0n) is 13.4. The molecule has 0 N–H and O–H groups in total. The van der Waals surface area contributed by atoms with E-state index in [-0.39, 0.29) is 6.04 Å². The zero-order valence-corrected chi connectivity index (χ0v) is 13.4. The van der Waals surface area contributed by atoms with Crippen LogP contribution >= 0.6 is 0 Å². The van der Waals surface area contributed by atoms with Crippen LogP contribution in [0.1, 0.15) is 24.6 Å². The molecular weight excluding hydrogens is 294 g/mol. The summed E-state index contributed by atoms with van der Waals surface area (Å²) in [6, 6.07) is 11.3. The van der Waals surface area contributed by atoms with Gasteiger partial charge in [0.1, 0.15) is 11.5 Å². The van der Waals surface area contributed by atoms with E-state index < -0.39 is 0 Å². The van der Waals surface area contributed by atoms with Gasteiger partial charge in [0, 0.05) is 5.56 Å². The number of methoxy groups -OCH3 is 1. The molecule has 2 heterocycles. The highest BCUT2D eigenvalue weighted by Crippen LogP contribution is 2.25. The molecule has 1 atom stereocenters. The Morgan fingerprint density at radius 3 is 2.61 bits per heavy atom. The van der Waals surface area contributed by atoms with Crippen molar-refractivity contribution in [1.29, 1.82) is 0 Å². The van der Waals surface area contributed by atoms with Crippen molar-refractivity contribution in [2.75, 3.05) is 14.2 Å². The largest absolute Gasteiger partial charge is 0.497 e. The van der Waals surface area contributed by atoms with Crippen molar-refractivity contribution in [3.8, 4) is 17.2 Å². The van der Waals surface area contributed by atoms with E-state index >= 15 is 0 Å². The van der Waals surface area contributed by atoms with Crippen molar-refractivity contribution in [3.63, 3.8) is 0 Å². The SMILES string of the molecule is COc1ccc(-c2nnc([C@H](C)N(C)Cc3ccco3)o2)cc1. The molecule has 120 valence electrons. The minimum atomic E-state index is -0.0143.